The Balaban J connectivity index is 1.79. The van der Waals surface area contributed by atoms with Crippen molar-refractivity contribution in [2.45, 2.75) is 38.5 Å². The Kier molecular flexibility index (Phi) is 4.82. The van der Waals surface area contributed by atoms with Crippen LogP contribution in [-0.4, -0.2) is 41.6 Å². The first kappa shape index (κ1) is 13.9. The Labute approximate surface area is 113 Å². The van der Waals surface area contributed by atoms with Crippen LogP contribution in [0.3, 0.4) is 0 Å². The lowest BCUT2D eigenvalue weighted by molar-refractivity contribution is -0.143. The highest BCUT2D eigenvalue weighted by Crippen LogP contribution is 2.18. The molecule has 0 saturated carbocycles. The van der Waals surface area contributed by atoms with E-state index in [1.807, 2.05) is 0 Å². The predicted octanol–water partition coefficient (Wildman–Crippen LogP) is 1.99. The number of nitrogens with one attached hydrogen (secondary N) is 1. The second-order valence-electron chi connectivity index (χ2n) is 5.39. The Morgan fingerprint density at radius 3 is 2.89 bits per heavy atom. The molecule has 19 heavy (non-hydrogen) atoms. The van der Waals surface area contributed by atoms with E-state index in [2.05, 4.69) is 11.4 Å². The average molecular weight is 266 g/mol. The maximum Gasteiger partial charge on any atom is 0.317 e. The zero-order chi connectivity index (χ0) is 13.7. The van der Waals surface area contributed by atoms with E-state index in [1.165, 1.54) is 18.4 Å². The number of hydrogen-bond donors (Lipinski definition) is 2. The van der Waals surface area contributed by atoms with Gasteiger partial charge in [-0.2, -0.15) is 0 Å². The van der Waals surface area contributed by atoms with E-state index in [0.29, 0.717) is 26.1 Å². The molecule has 1 atom stereocenters. The smallest absolute Gasteiger partial charge is 0.317 e. The lowest BCUT2D eigenvalue weighted by Gasteiger charge is -2.31. The molecular weight excluding hydrogens is 244 g/mol. The van der Waals surface area contributed by atoms with Crippen molar-refractivity contribution in [2.75, 3.05) is 19.6 Å². The van der Waals surface area contributed by atoms with Crippen LogP contribution in [0, 0.1) is 5.92 Å². The topological polar surface area (TPSA) is 69.6 Å². The molecule has 0 aromatic heterocycles. The van der Waals surface area contributed by atoms with E-state index in [0.717, 1.165) is 19.3 Å². The van der Waals surface area contributed by atoms with E-state index in [4.69, 9.17) is 5.11 Å². The van der Waals surface area contributed by atoms with Crippen LogP contribution in [0.5, 0.6) is 0 Å². The Morgan fingerprint density at radius 2 is 2.21 bits per heavy atom. The number of rotatable bonds is 3. The molecule has 1 aliphatic carbocycles. The van der Waals surface area contributed by atoms with Gasteiger partial charge >= 0.3 is 12.0 Å². The van der Waals surface area contributed by atoms with Gasteiger partial charge in [0.2, 0.25) is 0 Å². The summed E-state index contributed by atoms with van der Waals surface area (Å²) in [4.78, 5) is 24.6. The largest absolute Gasteiger partial charge is 0.481 e. The van der Waals surface area contributed by atoms with Crippen molar-refractivity contribution >= 4 is 12.0 Å². The summed E-state index contributed by atoms with van der Waals surface area (Å²) in [6, 6.07) is -0.127. The van der Waals surface area contributed by atoms with Crippen LogP contribution >= 0.6 is 0 Å². The monoisotopic (exact) mass is 266 g/mol. The maximum atomic E-state index is 12.0. The Bertz CT molecular complexity index is 379. The molecule has 0 bridgehead atoms. The fourth-order valence-electron chi connectivity index (χ4n) is 2.73. The molecule has 0 aromatic carbocycles. The molecular formula is C14H22N2O3. The molecule has 5 heteroatoms. The van der Waals surface area contributed by atoms with Gasteiger partial charge in [0.05, 0.1) is 5.92 Å². The minimum absolute atomic E-state index is 0.127. The number of piperidine rings is 1. The number of carboxylic acid groups (broad SMARTS) is 1. The van der Waals surface area contributed by atoms with Crippen molar-refractivity contribution in [3.8, 4) is 0 Å². The third-order valence-corrected chi connectivity index (χ3v) is 3.91. The van der Waals surface area contributed by atoms with Gasteiger partial charge in [-0.1, -0.05) is 11.6 Å². The van der Waals surface area contributed by atoms with Gasteiger partial charge in [0.1, 0.15) is 0 Å². The molecule has 1 unspecified atom stereocenters. The van der Waals surface area contributed by atoms with Crippen molar-refractivity contribution < 1.29 is 14.7 Å². The number of amides is 2. The molecule has 0 spiro atoms. The minimum Gasteiger partial charge on any atom is -0.481 e. The highest BCUT2D eigenvalue weighted by molar-refractivity contribution is 5.76. The summed E-state index contributed by atoms with van der Waals surface area (Å²) >= 11 is 0. The van der Waals surface area contributed by atoms with Crippen LogP contribution in [0.2, 0.25) is 0 Å². The van der Waals surface area contributed by atoms with E-state index in [9.17, 15) is 9.59 Å². The Hall–Kier alpha value is -1.52. The van der Waals surface area contributed by atoms with Gasteiger partial charge in [0.15, 0.2) is 0 Å². The summed E-state index contributed by atoms with van der Waals surface area (Å²) in [5.74, 6) is -1.21. The predicted molar refractivity (Wildman–Crippen MR) is 71.9 cm³/mol. The molecule has 5 nitrogen and oxygen atoms in total. The molecule has 2 N–H and O–H groups in total. The van der Waals surface area contributed by atoms with Crippen LogP contribution < -0.4 is 5.32 Å². The third kappa shape index (κ3) is 3.98. The van der Waals surface area contributed by atoms with Crippen LogP contribution in [0.4, 0.5) is 4.79 Å². The first-order valence-electron chi connectivity index (χ1n) is 7.10. The standard InChI is InChI=1S/C14H22N2O3/c17-13(18)12-7-4-8-16(10-12)14(19)15-9-11-5-2-1-3-6-11/h5,12H,1-4,6-10H2,(H,15,19)(H,17,18). The van der Waals surface area contributed by atoms with Gasteiger partial charge in [-0.05, 0) is 38.5 Å². The van der Waals surface area contributed by atoms with Gasteiger partial charge < -0.3 is 15.3 Å². The molecule has 2 aliphatic rings. The second kappa shape index (κ2) is 6.59. The molecule has 1 saturated heterocycles. The molecule has 1 fully saturated rings. The van der Waals surface area contributed by atoms with E-state index >= 15 is 0 Å². The van der Waals surface area contributed by atoms with Crippen LogP contribution in [0.25, 0.3) is 0 Å². The molecule has 0 aromatic rings. The average Bonchev–Trinajstić information content (AvgIpc) is 2.46. The number of aliphatic carboxylic acids is 1. The zero-order valence-electron chi connectivity index (χ0n) is 11.2. The SMILES string of the molecule is O=C(O)C1CCCN(C(=O)NCC2=CCCCC2)C1. The lowest BCUT2D eigenvalue weighted by Crippen LogP contribution is -2.47. The molecule has 106 valence electrons. The normalized spacial score (nSPS) is 23.7. The van der Waals surface area contributed by atoms with Gasteiger partial charge in [0.25, 0.3) is 0 Å². The second-order valence-corrected chi connectivity index (χ2v) is 5.39. The molecule has 1 heterocycles. The van der Waals surface area contributed by atoms with Gasteiger partial charge in [-0.25, -0.2) is 4.79 Å². The van der Waals surface area contributed by atoms with E-state index in [1.54, 1.807) is 4.90 Å². The number of carbonyl (C=O) groups excluding carboxylic acids is 1. The molecule has 2 rings (SSSR count). The van der Waals surface area contributed by atoms with Crippen molar-refractivity contribution in [3.63, 3.8) is 0 Å². The summed E-state index contributed by atoms with van der Waals surface area (Å²) in [7, 11) is 0. The van der Waals surface area contributed by atoms with Crippen LogP contribution in [0.1, 0.15) is 38.5 Å². The fourth-order valence-corrected chi connectivity index (χ4v) is 2.73. The first-order chi connectivity index (χ1) is 9.16. The van der Waals surface area contributed by atoms with E-state index < -0.39 is 11.9 Å². The minimum atomic E-state index is -0.799. The lowest BCUT2D eigenvalue weighted by atomic mass is 9.98. The number of urea groups is 1. The number of nitrogens with zero attached hydrogens (tertiary/aromatic N) is 1. The number of carboxylic acids is 1. The highest BCUT2D eigenvalue weighted by atomic mass is 16.4. The van der Waals surface area contributed by atoms with Crippen molar-refractivity contribution in [1.29, 1.82) is 0 Å². The number of hydrogen-bond acceptors (Lipinski definition) is 2. The fraction of sp³-hybridized carbons (Fsp3) is 0.714. The summed E-state index contributed by atoms with van der Waals surface area (Å²) < 4.78 is 0. The first-order valence-corrected chi connectivity index (χ1v) is 7.10. The number of likely N-dealkylation sites (tertiary alicyclic amines) is 1. The maximum absolute atomic E-state index is 12.0. The van der Waals surface area contributed by atoms with Crippen molar-refractivity contribution in [2.24, 2.45) is 5.92 Å². The van der Waals surface area contributed by atoms with Gasteiger partial charge in [0, 0.05) is 19.6 Å². The summed E-state index contributed by atoms with van der Waals surface area (Å²) in [6.45, 7) is 1.60. The zero-order valence-corrected chi connectivity index (χ0v) is 11.2. The third-order valence-electron chi connectivity index (χ3n) is 3.91. The van der Waals surface area contributed by atoms with Gasteiger partial charge in [-0.3, -0.25) is 4.79 Å². The number of carbonyl (C=O) groups is 2. The van der Waals surface area contributed by atoms with Crippen LogP contribution in [-0.2, 0) is 4.79 Å². The molecule has 1 aliphatic heterocycles. The van der Waals surface area contributed by atoms with E-state index in [-0.39, 0.29) is 6.03 Å². The quantitative estimate of drug-likeness (QED) is 0.767. The molecule has 0 radical (unpaired) electrons. The van der Waals surface area contributed by atoms with Crippen molar-refractivity contribution in [1.82, 2.24) is 10.2 Å². The molecule has 2 amide bonds. The Morgan fingerprint density at radius 1 is 1.37 bits per heavy atom. The van der Waals surface area contributed by atoms with Crippen molar-refractivity contribution in [3.05, 3.63) is 11.6 Å². The highest BCUT2D eigenvalue weighted by Gasteiger charge is 2.27. The summed E-state index contributed by atoms with van der Waals surface area (Å²) in [5, 5.41) is 11.9. The summed E-state index contributed by atoms with van der Waals surface area (Å²) in [5.41, 5.74) is 1.30. The van der Waals surface area contributed by atoms with Crippen LogP contribution in [0.15, 0.2) is 11.6 Å². The summed E-state index contributed by atoms with van der Waals surface area (Å²) in [6.07, 6.45) is 8.27. The van der Waals surface area contributed by atoms with Gasteiger partial charge in [-0.15, -0.1) is 0 Å². The number of allylic oxidation sites excluding steroid dienone is 1.